The van der Waals surface area contributed by atoms with Crippen LogP contribution in [0.2, 0.25) is 0 Å². The van der Waals surface area contributed by atoms with Gasteiger partial charge in [0.05, 0.1) is 0 Å². The molecule has 2 nitrogen and oxygen atoms in total. The Balaban J connectivity index is 1.86. The number of furan rings is 1. The van der Waals surface area contributed by atoms with Gasteiger partial charge in [0.25, 0.3) is 0 Å². The number of rotatable bonds is 3. The van der Waals surface area contributed by atoms with Gasteiger partial charge in [-0.15, -0.1) is 0 Å². The zero-order valence-electron chi connectivity index (χ0n) is 9.97. The lowest BCUT2D eigenvalue weighted by molar-refractivity contribution is 0.187. The summed E-state index contributed by atoms with van der Waals surface area (Å²) in [6, 6.07) is 11.8. The standard InChI is InChI=1S/C15H15BrO2/c16-14-8-7-13(18-14)15(17)12-6-2-5-11(9-12)10-3-1-4-10/h2,5-10,15,17H,1,3-4H2. The van der Waals surface area contributed by atoms with E-state index in [1.165, 1.54) is 24.8 Å². The van der Waals surface area contributed by atoms with Crippen LogP contribution in [0.15, 0.2) is 45.5 Å². The van der Waals surface area contributed by atoms with E-state index in [2.05, 4.69) is 28.1 Å². The van der Waals surface area contributed by atoms with Gasteiger partial charge in [-0.2, -0.15) is 0 Å². The van der Waals surface area contributed by atoms with Crippen LogP contribution in [0, 0.1) is 0 Å². The second kappa shape index (κ2) is 4.90. The Labute approximate surface area is 115 Å². The van der Waals surface area contributed by atoms with Crippen LogP contribution in [0.5, 0.6) is 0 Å². The minimum Gasteiger partial charge on any atom is -0.451 e. The van der Waals surface area contributed by atoms with Gasteiger partial charge in [0, 0.05) is 0 Å². The molecule has 0 spiro atoms. The molecule has 1 aliphatic carbocycles. The Morgan fingerprint density at radius 3 is 2.67 bits per heavy atom. The highest BCUT2D eigenvalue weighted by atomic mass is 79.9. The molecule has 18 heavy (non-hydrogen) atoms. The van der Waals surface area contributed by atoms with Crippen molar-refractivity contribution < 1.29 is 9.52 Å². The highest BCUT2D eigenvalue weighted by Gasteiger charge is 2.21. The fraction of sp³-hybridized carbons (Fsp3) is 0.333. The molecule has 0 amide bonds. The summed E-state index contributed by atoms with van der Waals surface area (Å²) in [5.74, 6) is 1.26. The van der Waals surface area contributed by atoms with Crippen molar-refractivity contribution in [1.29, 1.82) is 0 Å². The highest BCUT2D eigenvalue weighted by Crippen LogP contribution is 2.37. The summed E-state index contributed by atoms with van der Waals surface area (Å²) in [4.78, 5) is 0. The molecule has 1 aromatic carbocycles. The van der Waals surface area contributed by atoms with Crippen LogP contribution in [0.1, 0.15) is 48.2 Å². The second-order valence-corrected chi connectivity index (χ2v) is 5.62. The third-order valence-electron chi connectivity index (χ3n) is 3.67. The smallest absolute Gasteiger partial charge is 0.169 e. The lowest BCUT2D eigenvalue weighted by atomic mass is 9.79. The molecule has 1 fully saturated rings. The summed E-state index contributed by atoms with van der Waals surface area (Å²) in [5.41, 5.74) is 2.24. The van der Waals surface area contributed by atoms with Gasteiger partial charge in [-0.05, 0) is 57.9 Å². The molecule has 0 aliphatic heterocycles. The minimum absolute atomic E-state index is 0.577. The van der Waals surface area contributed by atoms with Crippen molar-refractivity contribution in [2.75, 3.05) is 0 Å². The summed E-state index contributed by atoms with van der Waals surface area (Å²) in [7, 11) is 0. The Bertz CT molecular complexity index is 543. The number of aliphatic hydroxyl groups excluding tert-OH is 1. The number of hydrogen-bond donors (Lipinski definition) is 1. The van der Waals surface area contributed by atoms with E-state index in [4.69, 9.17) is 4.42 Å². The zero-order valence-corrected chi connectivity index (χ0v) is 11.6. The summed E-state index contributed by atoms with van der Waals surface area (Å²) >= 11 is 3.25. The Hall–Kier alpha value is -1.06. The van der Waals surface area contributed by atoms with Gasteiger partial charge in [-0.1, -0.05) is 30.7 Å². The third-order valence-corrected chi connectivity index (χ3v) is 4.09. The van der Waals surface area contributed by atoms with Gasteiger partial charge < -0.3 is 9.52 Å². The maximum atomic E-state index is 10.3. The zero-order chi connectivity index (χ0) is 12.5. The van der Waals surface area contributed by atoms with Crippen molar-refractivity contribution in [3.05, 3.63) is 58.0 Å². The van der Waals surface area contributed by atoms with Gasteiger partial charge in [-0.25, -0.2) is 0 Å². The fourth-order valence-corrected chi connectivity index (χ4v) is 2.68. The predicted molar refractivity (Wildman–Crippen MR) is 73.5 cm³/mol. The molecule has 0 radical (unpaired) electrons. The Kier molecular flexibility index (Phi) is 3.27. The largest absolute Gasteiger partial charge is 0.451 e. The molecule has 3 rings (SSSR count). The van der Waals surface area contributed by atoms with Crippen molar-refractivity contribution in [1.82, 2.24) is 0 Å². The van der Waals surface area contributed by atoms with Crippen molar-refractivity contribution >= 4 is 15.9 Å². The number of halogens is 1. The van der Waals surface area contributed by atoms with Crippen LogP contribution in [0.3, 0.4) is 0 Å². The SMILES string of the molecule is OC(c1cccc(C2CCC2)c1)c1ccc(Br)o1. The van der Waals surface area contributed by atoms with Gasteiger partial charge >= 0.3 is 0 Å². The lowest BCUT2D eigenvalue weighted by Gasteiger charge is -2.26. The fourth-order valence-electron chi connectivity index (χ4n) is 2.36. The minimum atomic E-state index is -0.684. The lowest BCUT2D eigenvalue weighted by Crippen LogP contribution is -2.09. The molecule has 1 aliphatic rings. The van der Waals surface area contributed by atoms with Crippen LogP contribution < -0.4 is 0 Å². The second-order valence-electron chi connectivity index (χ2n) is 4.84. The van der Waals surface area contributed by atoms with Crippen LogP contribution in [0.4, 0.5) is 0 Å². The first kappa shape index (κ1) is 12.0. The normalized spacial score (nSPS) is 17.4. The molecule has 1 heterocycles. The highest BCUT2D eigenvalue weighted by molar-refractivity contribution is 9.10. The van der Waals surface area contributed by atoms with E-state index >= 15 is 0 Å². The molecule has 0 saturated heterocycles. The van der Waals surface area contributed by atoms with Gasteiger partial charge in [0.1, 0.15) is 11.9 Å². The number of hydrogen-bond acceptors (Lipinski definition) is 2. The Morgan fingerprint density at radius 2 is 2.06 bits per heavy atom. The molecule has 2 aromatic rings. The average Bonchev–Trinajstić information content (AvgIpc) is 2.73. The van der Waals surface area contributed by atoms with Gasteiger partial charge in [-0.3, -0.25) is 0 Å². The van der Waals surface area contributed by atoms with E-state index in [0.717, 1.165) is 5.56 Å². The van der Waals surface area contributed by atoms with Gasteiger partial charge in [0.15, 0.2) is 4.67 Å². The van der Waals surface area contributed by atoms with E-state index in [1.807, 2.05) is 12.1 Å². The maximum absolute atomic E-state index is 10.3. The van der Waals surface area contributed by atoms with E-state index in [1.54, 1.807) is 12.1 Å². The van der Waals surface area contributed by atoms with Crippen molar-refractivity contribution in [2.45, 2.75) is 31.3 Å². The third kappa shape index (κ3) is 2.25. The van der Waals surface area contributed by atoms with E-state index in [9.17, 15) is 5.11 Å². The molecule has 1 atom stereocenters. The van der Waals surface area contributed by atoms with Crippen molar-refractivity contribution in [3.63, 3.8) is 0 Å². The summed E-state index contributed by atoms with van der Waals surface area (Å²) in [6.45, 7) is 0. The number of benzene rings is 1. The first-order valence-corrected chi connectivity index (χ1v) is 7.06. The monoisotopic (exact) mass is 306 g/mol. The average molecular weight is 307 g/mol. The summed E-state index contributed by atoms with van der Waals surface area (Å²) < 4.78 is 6.05. The van der Waals surface area contributed by atoms with Crippen molar-refractivity contribution in [2.24, 2.45) is 0 Å². The maximum Gasteiger partial charge on any atom is 0.169 e. The van der Waals surface area contributed by atoms with E-state index < -0.39 is 6.10 Å². The van der Waals surface area contributed by atoms with Crippen LogP contribution in [0.25, 0.3) is 0 Å². The van der Waals surface area contributed by atoms with Crippen LogP contribution >= 0.6 is 15.9 Å². The number of aliphatic hydroxyl groups is 1. The van der Waals surface area contributed by atoms with E-state index in [-0.39, 0.29) is 0 Å². The molecular weight excluding hydrogens is 292 g/mol. The Morgan fingerprint density at radius 1 is 1.22 bits per heavy atom. The summed E-state index contributed by atoms with van der Waals surface area (Å²) in [5, 5.41) is 10.3. The topological polar surface area (TPSA) is 33.4 Å². The molecule has 1 aromatic heterocycles. The molecule has 1 unspecified atom stereocenters. The van der Waals surface area contributed by atoms with Crippen LogP contribution in [-0.2, 0) is 0 Å². The molecule has 94 valence electrons. The van der Waals surface area contributed by atoms with E-state index in [0.29, 0.717) is 16.3 Å². The molecule has 3 heteroatoms. The molecule has 1 N–H and O–H groups in total. The summed E-state index contributed by atoms with van der Waals surface area (Å²) in [6.07, 6.45) is 3.18. The quantitative estimate of drug-likeness (QED) is 0.912. The predicted octanol–water partition coefficient (Wildman–Crippen LogP) is 4.39. The van der Waals surface area contributed by atoms with Gasteiger partial charge in [0.2, 0.25) is 0 Å². The molecule has 1 saturated carbocycles. The first-order valence-electron chi connectivity index (χ1n) is 6.27. The molecular formula is C15H15BrO2. The first-order chi connectivity index (χ1) is 8.74. The van der Waals surface area contributed by atoms with Crippen LogP contribution in [-0.4, -0.2) is 5.11 Å². The molecule has 0 bridgehead atoms. The van der Waals surface area contributed by atoms with Crippen molar-refractivity contribution in [3.8, 4) is 0 Å².